The second-order valence-corrected chi connectivity index (χ2v) is 7.18. The van der Waals surface area contributed by atoms with Crippen LogP contribution >= 0.6 is 11.8 Å². The molecule has 3 N–H and O–H groups in total. The van der Waals surface area contributed by atoms with Gasteiger partial charge in [-0.05, 0) is 36.1 Å². The number of sulfonamides is 1. The van der Waals surface area contributed by atoms with Crippen molar-refractivity contribution in [2.45, 2.75) is 16.7 Å². The molecule has 7 heteroatoms. The standard InChI is InChI=1S/C14H15FN2O2S2/c1-2-20-13-6-4-3-5-12(13)17-21(18,19)14-8-7-10(16)9-11(14)15/h3-9,17H,2,16H2,1H3. The number of anilines is 2. The largest absolute Gasteiger partial charge is 0.399 e. The average molecular weight is 326 g/mol. The van der Waals surface area contributed by atoms with Crippen LogP contribution in [-0.2, 0) is 10.0 Å². The lowest BCUT2D eigenvalue weighted by molar-refractivity contribution is 0.571. The van der Waals surface area contributed by atoms with E-state index in [-0.39, 0.29) is 5.69 Å². The van der Waals surface area contributed by atoms with Crippen LogP contribution in [0.1, 0.15) is 6.92 Å². The van der Waals surface area contributed by atoms with E-state index in [1.54, 1.807) is 12.1 Å². The average Bonchev–Trinajstić information content (AvgIpc) is 2.40. The zero-order valence-electron chi connectivity index (χ0n) is 11.3. The molecule has 0 saturated heterocycles. The van der Waals surface area contributed by atoms with Crippen molar-refractivity contribution in [2.24, 2.45) is 0 Å². The molecule has 0 atom stereocenters. The number of nitrogens with one attached hydrogen (secondary N) is 1. The highest BCUT2D eigenvalue weighted by atomic mass is 32.2. The molecule has 0 aliphatic rings. The molecule has 2 rings (SSSR count). The summed E-state index contributed by atoms with van der Waals surface area (Å²) < 4.78 is 40.8. The van der Waals surface area contributed by atoms with Crippen LogP contribution in [0.25, 0.3) is 0 Å². The second kappa shape index (κ2) is 6.36. The van der Waals surface area contributed by atoms with Crippen molar-refractivity contribution in [3.05, 3.63) is 48.3 Å². The Morgan fingerprint density at radius 1 is 1.24 bits per heavy atom. The van der Waals surface area contributed by atoms with E-state index in [9.17, 15) is 12.8 Å². The van der Waals surface area contributed by atoms with Gasteiger partial charge in [-0.2, -0.15) is 0 Å². The maximum Gasteiger partial charge on any atom is 0.264 e. The number of rotatable bonds is 5. The maximum atomic E-state index is 13.8. The summed E-state index contributed by atoms with van der Waals surface area (Å²) in [5.74, 6) is -0.0715. The summed E-state index contributed by atoms with van der Waals surface area (Å²) in [7, 11) is -4.00. The van der Waals surface area contributed by atoms with Gasteiger partial charge in [0, 0.05) is 10.6 Å². The van der Waals surface area contributed by atoms with E-state index in [2.05, 4.69) is 4.72 Å². The van der Waals surface area contributed by atoms with Gasteiger partial charge in [0.15, 0.2) is 0 Å². The van der Waals surface area contributed by atoms with Gasteiger partial charge in [-0.3, -0.25) is 4.72 Å². The molecule has 0 fully saturated rings. The fraction of sp³-hybridized carbons (Fsp3) is 0.143. The minimum absolute atomic E-state index is 0.174. The lowest BCUT2D eigenvalue weighted by Gasteiger charge is -2.12. The molecule has 0 bridgehead atoms. The van der Waals surface area contributed by atoms with E-state index in [1.807, 2.05) is 19.1 Å². The first-order chi connectivity index (χ1) is 9.94. The third-order valence-corrected chi connectivity index (χ3v) is 5.03. The van der Waals surface area contributed by atoms with E-state index >= 15 is 0 Å². The lowest BCUT2D eigenvalue weighted by Crippen LogP contribution is -2.15. The normalized spacial score (nSPS) is 11.3. The highest BCUT2D eigenvalue weighted by Crippen LogP contribution is 2.29. The number of nitrogen functional groups attached to an aromatic ring is 1. The van der Waals surface area contributed by atoms with Crippen LogP contribution in [0.5, 0.6) is 0 Å². The summed E-state index contributed by atoms with van der Waals surface area (Å²) in [4.78, 5) is 0.368. The van der Waals surface area contributed by atoms with Crippen LogP contribution in [0.4, 0.5) is 15.8 Å². The molecule has 0 aliphatic heterocycles. The van der Waals surface area contributed by atoms with Gasteiger partial charge < -0.3 is 5.73 Å². The number of hydrogen-bond acceptors (Lipinski definition) is 4. The molecule has 0 spiro atoms. The summed E-state index contributed by atoms with van der Waals surface area (Å²) >= 11 is 1.50. The summed E-state index contributed by atoms with van der Waals surface area (Å²) in [6, 6.07) is 10.5. The highest BCUT2D eigenvalue weighted by molar-refractivity contribution is 7.99. The van der Waals surface area contributed by atoms with Gasteiger partial charge in [0.05, 0.1) is 5.69 Å². The van der Waals surface area contributed by atoms with Gasteiger partial charge in [-0.1, -0.05) is 19.1 Å². The van der Waals surface area contributed by atoms with Gasteiger partial charge in [0.25, 0.3) is 10.0 Å². The second-order valence-electron chi connectivity index (χ2n) is 4.22. The molecule has 0 saturated carbocycles. The Balaban J connectivity index is 2.38. The summed E-state index contributed by atoms with van der Waals surface area (Å²) in [6.45, 7) is 1.97. The molecular weight excluding hydrogens is 311 g/mol. The Morgan fingerprint density at radius 2 is 1.95 bits per heavy atom. The SMILES string of the molecule is CCSc1ccccc1NS(=O)(=O)c1ccc(N)cc1F. The third kappa shape index (κ3) is 3.68. The van der Waals surface area contributed by atoms with Crippen LogP contribution in [0.3, 0.4) is 0 Å². The minimum Gasteiger partial charge on any atom is -0.399 e. The lowest BCUT2D eigenvalue weighted by atomic mass is 10.3. The number of para-hydroxylation sites is 1. The van der Waals surface area contributed by atoms with Crippen molar-refractivity contribution in [1.82, 2.24) is 0 Å². The first kappa shape index (κ1) is 15.7. The molecule has 0 aromatic heterocycles. The molecule has 4 nitrogen and oxygen atoms in total. The summed E-state index contributed by atoms with van der Waals surface area (Å²) in [5, 5.41) is 0. The van der Waals surface area contributed by atoms with E-state index < -0.39 is 20.7 Å². The fourth-order valence-corrected chi connectivity index (χ4v) is 3.73. The molecule has 0 unspecified atom stereocenters. The maximum absolute atomic E-state index is 13.8. The fourth-order valence-electron chi connectivity index (χ4n) is 1.77. The predicted molar refractivity (Wildman–Crippen MR) is 84.5 cm³/mol. The van der Waals surface area contributed by atoms with Crippen molar-refractivity contribution in [3.8, 4) is 0 Å². The van der Waals surface area contributed by atoms with E-state index in [0.717, 1.165) is 22.8 Å². The Morgan fingerprint density at radius 3 is 2.62 bits per heavy atom. The zero-order valence-corrected chi connectivity index (χ0v) is 13.0. The van der Waals surface area contributed by atoms with E-state index in [4.69, 9.17) is 5.73 Å². The molecule has 2 aromatic carbocycles. The van der Waals surface area contributed by atoms with Gasteiger partial charge in [-0.15, -0.1) is 11.8 Å². The van der Waals surface area contributed by atoms with Crippen molar-refractivity contribution < 1.29 is 12.8 Å². The molecule has 0 aliphatic carbocycles. The van der Waals surface area contributed by atoms with Crippen LogP contribution in [0.2, 0.25) is 0 Å². The first-order valence-electron chi connectivity index (χ1n) is 6.23. The Kier molecular flexibility index (Phi) is 4.74. The zero-order chi connectivity index (χ0) is 15.5. The topological polar surface area (TPSA) is 72.2 Å². The molecule has 0 radical (unpaired) electrons. The Hall–Kier alpha value is -1.73. The van der Waals surface area contributed by atoms with Crippen LogP contribution < -0.4 is 10.5 Å². The molecule has 0 heterocycles. The summed E-state index contributed by atoms with van der Waals surface area (Å²) in [6.07, 6.45) is 0. The number of hydrogen-bond donors (Lipinski definition) is 2. The van der Waals surface area contributed by atoms with Crippen molar-refractivity contribution in [1.29, 1.82) is 0 Å². The minimum atomic E-state index is -4.00. The van der Waals surface area contributed by atoms with Crippen molar-refractivity contribution in [2.75, 3.05) is 16.2 Å². The van der Waals surface area contributed by atoms with Crippen LogP contribution in [-0.4, -0.2) is 14.2 Å². The molecule has 2 aromatic rings. The number of benzene rings is 2. The van der Waals surface area contributed by atoms with Gasteiger partial charge in [-0.25, -0.2) is 12.8 Å². The monoisotopic (exact) mass is 326 g/mol. The Bertz CT molecular complexity index is 748. The predicted octanol–water partition coefficient (Wildman–Crippen LogP) is 3.32. The van der Waals surface area contributed by atoms with E-state index in [0.29, 0.717) is 5.69 Å². The molecule has 0 amide bonds. The highest BCUT2D eigenvalue weighted by Gasteiger charge is 2.20. The molecule has 21 heavy (non-hydrogen) atoms. The molecule has 112 valence electrons. The van der Waals surface area contributed by atoms with Crippen molar-refractivity contribution in [3.63, 3.8) is 0 Å². The smallest absolute Gasteiger partial charge is 0.264 e. The van der Waals surface area contributed by atoms with Crippen LogP contribution in [0.15, 0.2) is 52.3 Å². The number of nitrogens with two attached hydrogens (primary N) is 1. The first-order valence-corrected chi connectivity index (χ1v) is 8.70. The summed E-state index contributed by atoms with van der Waals surface area (Å²) in [5.41, 5.74) is 6.03. The number of thioether (sulfide) groups is 1. The quantitative estimate of drug-likeness (QED) is 0.653. The van der Waals surface area contributed by atoms with Gasteiger partial charge >= 0.3 is 0 Å². The molecular formula is C14H15FN2O2S2. The van der Waals surface area contributed by atoms with Gasteiger partial charge in [0.2, 0.25) is 0 Å². The van der Waals surface area contributed by atoms with Gasteiger partial charge in [0.1, 0.15) is 10.7 Å². The van der Waals surface area contributed by atoms with Crippen molar-refractivity contribution >= 4 is 33.2 Å². The Labute approximate surface area is 127 Å². The van der Waals surface area contributed by atoms with Crippen LogP contribution in [0, 0.1) is 5.82 Å². The van der Waals surface area contributed by atoms with E-state index in [1.165, 1.54) is 17.8 Å². The third-order valence-electron chi connectivity index (χ3n) is 2.68. The number of halogens is 1.